The minimum Gasteiger partial charge on any atom is -0.482 e. The van der Waals surface area contributed by atoms with Gasteiger partial charge in [-0.25, -0.2) is 9.18 Å². The predicted molar refractivity (Wildman–Crippen MR) is 136 cm³/mol. The van der Waals surface area contributed by atoms with E-state index in [4.69, 9.17) is 9.84 Å². The molecule has 4 rings (SSSR count). The lowest BCUT2D eigenvalue weighted by Crippen LogP contribution is -2.09. The molecule has 0 saturated carbocycles. The summed E-state index contributed by atoms with van der Waals surface area (Å²) in [6.45, 7) is -0.362. The Labute approximate surface area is 202 Å². The highest BCUT2D eigenvalue weighted by Crippen LogP contribution is 2.29. The fraction of sp³-hybridized carbons (Fsp3) is 0.0690. The van der Waals surface area contributed by atoms with Gasteiger partial charge in [-0.15, -0.1) is 11.8 Å². The van der Waals surface area contributed by atoms with Crippen molar-refractivity contribution >= 4 is 23.3 Å². The molecule has 0 aromatic heterocycles. The van der Waals surface area contributed by atoms with E-state index >= 15 is 0 Å². The molecule has 0 aliphatic carbocycles. The first-order chi connectivity index (χ1) is 16.6. The molecule has 0 aliphatic heterocycles. The van der Waals surface area contributed by atoms with Crippen LogP contribution in [0.4, 0.5) is 4.39 Å². The monoisotopic (exact) mass is 470 g/mol. The second-order valence-corrected chi connectivity index (χ2v) is 8.63. The molecule has 170 valence electrons. The number of carboxylic acids is 1. The van der Waals surface area contributed by atoms with Gasteiger partial charge in [0, 0.05) is 10.6 Å². The molecule has 0 heterocycles. The molecule has 4 aromatic rings. The van der Waals surface area contributed by atoms with Gasteiger partial charge in [0.15, 0.2) is 6.61 Å². The van der Waals surface area contributed by atoms with E-state index in [0.29, 0.717) is 11.5 Å². The van der Waals surface area contributed by atoms with Gasteiger partial charge in [0.2, 0.25) is 0 Å². The molecule has 3 nitrogen and oxygen atoms in total. The summed E-state index contributed by atoms with van der Waals surface area (Å²) in [6, 6.07) is 32.5. The molecule has 1 N–H and O–H groups in total. The zero-order chi connectivity index (χ0) is 23.8. The number of carbonyl (C=O) groups is 1. The number of aliphatic carboxylic acids is 1. The second-order valence-electron chi connectivity index (χ2n) is 7.53. The Balaban J connectivity index is 1.52. The maximum absolute atomic E-state index is 13.5. The standard InChI is InChI=1S/C29H23FO3S/c30-25-12-10-24(11-13-25)28(23-8-6-22(7-9-23)21-4-2-1-3-5-21)18-19-34-27-16-14-26(15-17-27)33-20-29(31)32/h1-18H,19-20H2,(H,31,32)/b28-18+. The molecular weight excluding hydrogens is 447 g/mol. The van der Waals surface area contributed by atoms with Gasteiger partial charge < -0.3 is 9.84 Å². The molecule has 0 aliphatic rings. The molecule has 0 unspecified atom stereocenters. The van der Waals surface area contributed by atoms with Crippen molar-refractivity contribution in [1.82, 2.24) is 0 Å². The van der Waals surface area contributed by atoms with Crippen molar-refractivity contribution in [2.75, 3.05) is 12.4 Å². The summed E-state index contributed by atoms with van der Waals surface area (Å²) in [7, 11) is 0. The van der Waals surface area contributed by atoms with Gasteiger partial charge in [0.25, 0.3) is 0 Å². The Morgan fingerprint density at radius 3 is 2.00 bits per heavy atom. The van der Waals surface area contributed by atoms with E-state index in [1.54, 1.807) is 36.0 Å². The zero-order valence-corrected chi connectivity index (χ0v) is 19.2. The normalized spacial score (nSPS) is 11.3. The number of thioether (sulfide) groups is 1. The van der Waals surface area contributed by atoms with Crippen LogP contribution < -0.4 is 4.74 Å². The Morgan fingerprint density at radius 2 is 1.38 bits per heavy atom. The van der Waals surface area contributed by atoms with E-state index in [2.05, 4.69) is 42.5 Å². The Kier molecular flexibility index (Phi) is 7.79. The highest BCUT2D eigenvalue weighted by Gasteiger charge is 2.07. The number of halogens is 1. The summed E-state index contributed by atoms with van der Waals surface area (Å²) in [5.74, 6) is -0.0359. The van der Waals surface area contributed by atoms with E-state index in [1.807, 2.05) is 30.3 Å². The van der Waals surface area contributed by atoms with E-state index in [-0.39, 0.29) is 12.4 Å². The van der Waals surface area contributed by atoms with Gasteiger partial charge in [0.1, 0.15) is 11.6 Å². The average Bonchev–Trinajstić information content (AvgIpc) is 2.87. The van der Waals surface area contributed by atoms with E-state index < -0.39 is 5.97 Å². The average molecular weight is 471 g/mol. The Bertz CT molecular complexity index is 1250. The first kappa shape index (κ1) is 23.3. The molecule has 4 aromatic carbocycles. The van der Waals surface area contributed by atoms with Crippen LogP contribution in [-0.2, 0) is 4.79 Å². The van der Waals surface area contributed by atoms with Crippen LogP contribution in [-0.4, -0.2) is 23.4 Å². The van der Waals surface area contributed by atoms with Gasteiger partial charge >= 0.3 is 5.97 Å². The van der Waals surface area contributed by atoms with Crippen LogP contribution in [0.15, 0.2) is 114 Å². The summed E-state index contributed by atoms with van der Waals surface area (Å²) in [5.41, 5.74) is 5.35. The summed E-state index contributed by atoms with van der Waals surface area (Å²) in [5, 5.41) is 8.72. The number of rotatable bonds is 9. The second kappa shape index (κ2) is 11.3. The van der Waals surface area contributed by atoms with Crippen LogP contribution in [0, 0.1) is 5.82 Å². The quantitative estimate of drug-likeness (QED) is 0.263. The van der Waals surface area contributed by atoms with Crippen molar-refractivity contribution in [3.63, 3.8) is 0 Å². The van der Waals surface area contributed by atoms with Crippen LogP contribution in [0.25, 0.3) is 16.7 Å². The van der Waals surface area contributed by atoms with Crippen LogP contribution in [0.2, 0.25) is 0 Å². The highest BCUT2D eigenvalue weighted by atomic mass is 32.2. The summed E-state index contributed by atoms with van der Waals surface area (Å²) in [4.78, 5) is 11.7. The first-order valence-electron chi connectivity index (χ1n) is 10.8. The van der Waals surface area contributed by atoms with Crippen molar-refractivity contribution in [2.24, 2.45) is 0 Å². The minimum atomic E-state index is -1.01. The molecule has 34 heavy (non-hydrogen) atoms. The maximum atomic E-state index is 13.5. The van der Waals surface area contributed by atoms with Gasteiger partial charge in [-0.3, -0.25) is 0 Å². The Hall–Kier alpha value is -3.83. The first-order valence-corrected chi connectivity index (χ1v) is 11.8. The molecule has 0 spiro atoms. The van der Waals surface area contributed by atoms with Crippen LogP contribution in [0.5, 0.6) is 5.75 Å². The largest absolute Gasteiger partial charge is 0.482 e. The Morgan fingerprint density at radius 1 is 0.794 bits per heavy atom. The fourth-order valence-electron chi connectivity index (χ4n) is 3.50. The third-order valence-corrected chi connectivity index (χ3v) is 6.12. The van der Waals surface area contributed by atoms with Crippen molar-refractivity contribution in [3.05, 3.63) is 126 Å². The maximum Gasteiger partial charge on any atom is 0.341 e. The van der Waals surface area contributed by atoms with E-state index in [9.17, 15) is 9.18 Å². The fourth-order valence-corrected chi connectivity index (χ4v) is 4.27. The van der Waals surface area contributed by atoms with E-state index in [0.717, 1.165) is 32.7 Å². The van der Waals surface area contributed by atoms with Crippen molar-refractivity contribution in [3.8, 4) is 16.9 Å². The molecule has 0 amide bonds. The topological polar surface area (TPSA) is 46.5 Å². The third-order valence-electron chi connectivity index (χ3n) is 5.18. The lowest BCUT2D eigenvalue weighted by atomic mass is 9.95. The number of hydrogen-bond acceptors (Lipinski definition) is 3. The van der Waals surface area contributed by atoms with Crippen LogP contribution >= 0.6 is 11.8 Å². The molecule has 0 fully saturated rings. The van der Waals surface area contributed by atoms with Crippen LogP contribution in [0.3, 0.4) is 0 Å². The zero-order valence-electron chi connectivity index (χ0n) is 18.4. The van der Waals surface area contributed by atoms with Crippen molar-refractivity contribution in [2.45, 2.75) is 4.90 Å². The third kappa shape index (κ3) is 6.36. The van der Waals surface area contributed by atoms with E-state index in [1.165, 1.54) is 12.1 Å². The summed E-state index contributed by atoms with van der Waals surface area (Å²) < 4.78 is 18.7. The highest BCUT2D eigenvalue weighted by molar-refractivity contribution is 7.99. The molecular formula is C29H23FO3S. The lowest BCUT2D eigenvalue weighted by Gasteiger charge is -2.11. The van der Waals surface area contributed by atoms with Crippen LogP contribution in [0.1, 0.15) is 11.1 Å². The predicted octanol–water partition coefficient (Wildman–Crippen LogP) is 7.18. The molecule has 5 heteroatoms. The number of ether oxygens (including phenoxy) is 1. The molecule has 0 radical (unpaired) electrons. The van der Waals surface area contributed by atoms with Gasteiger partial charge in [-0.2, -0.15) is 0 Å². The van der Waals surface area contributed by atoms with Gasteiger partial charge in [0.05, 0.1) is 0 Å². The summed E-state index contributed by atoms with van der Waals surface area (Å²) in [6.07, 6.45) is 2.14. The van der Waals surface area contributed by atoms with Crippen molar-refractivity contribution in [1.29, 1.82) is 0 Å². The van der Waals surface area contributed by atoms with Gasteiger partial charge in [-0.1, -0.05) is 72.8 Å². The molecule has 0 bridgehead atoms. The number of benzene rings is 4. The number of hydrogen-bond donors (Lipinski definition) is 1. The van der Waals surface area contributed by atoms with Gasteiger partial charge in [-0.05, 0) is 64.2 Å². The minimum absolute atomic E-state index is 0.262. The summed E-state index contributed by atoms with van der Waals surface area (Å²) >= 11 is 1.65. The number of carboxylic acid groups (broad SMARTS) is 1. The lowest BCUT2D eigenvalue weighted by molar-refractivity contribution is -0.139. The molecule has 0 saturated heterocycles. The SMILES string of the molecule is O=C(O)COc1ccc(SC/C=C(/c2ccc(F)cc2)c2ccc(-c3ccccc3)cc2)cc1. The molecule has 0 atom stereocenters. The smallest absolute Gasteiger partial charge is 0.341 e. The van der Waals surface area contributed by atoms with Crippen molar-refractivity contribution < 1.29 is 19.0 Å².